The summed E-state index contributed by atoms with van der Waals surface area (Å²) in [6.07, 6.45) is 5.66. The standard InChI is InChI=1S/C25H32N4O4/c26-18-7-9-19(10-8-18)27-13-15-33-14-2-1-4-17-5-3-6-20-21(17)16-29(25(20)32)22-11-12-23(30)28-24(22)31/h3,5-6,18-19,22,27H,2,7-16,26H2,(H,28,30,31)/t18-,19-,22?. The molecule has 1 aromatic rings. The minimum atomic E-state index is -0.615. The maximum atomic E-state index is 12.9. The molecule has 3 aliphatic rings. The van der Waals surface area contributed by atoms with E-state index in [0.717, 1.165) is 43.4 Å². The van der Waals surface area contributed by atoms with Crippen LogP contribution >= 0.6 is 0 Å². The van der Waals surface area contributed by atoms with Crippen molar-refractivity contribution in [1.29, 1.82) is 0 Å². The number of fused-ring (bicyclic) bond motifs is 1. The molecule has 176 valence electrons. The number of hydrogen-bond donors (Lipinski definition) is 3. The SMILES string of the molecule is N[C@H]1CC[C@H](NCCOCCC#Cc2cccc3c2CN(C2CCC(=O)NC2=O)C3=O)CC1. The summed E-state index contributed by atoms with van der Waals surface area (Å²) in [6, 6.07) is 5.78. The van der Waals surface area contributed by atoms with Gasteiger partial charge in [-0.05, 0) is 49.8 Å². The summed E-state index contributed by atoms with van der Waals surface area (Å²) >= 11 is 0. The second-order valence-corrected chi connectivity index (χ2v) is 8.96. The Hall–Kier alpha value is -2.73. The molecule has 2 aliphatic heterocycles. The van der Waals surface area contributed by atoms with E-state index in [9.17, 15) is 14.4 Å². The van der Waals surface area contributed by atoms with E-state index in [0.29, 0.717) is 50.2 Å². The first kappa shape index (κ1) is 23.4. The van der Waals surface area contributed by atoms with Crippen molar-refractivity contribution in [2.75, 3.05) is 19.8 Å². The van der Waals surface area contributed by atoms with Crippen molar-refractivity contribution in [3.05, 3.63) is 34.9 Å². The molecular formula is C25H32N4O4. The first-order valence-corrected chi connectivity index (χ1v) is 11.8. The molecule has 4 rings (SSSR count). The first-order chi connectivity index (χ1) is 16.0. The molecule has 3 amide bonds. The lowest BCUT2D eigenvalue weighted by molar-refractivity contribution is -0.136. The zero-order valence-electron chi connectivity index (χ0n) is 18.9. The largest absolute Gasteiger partial charge is 0.379 e. The van der Waals surface area contributed by atoms with E-state index in [1.807, 2.05) is 12.1 Å². The maximum absolute atomic E-state index is 12.9. The van der Waals surface area contributed by atoms with Gasteiger partial charge in [0.05, 0.1) is 13.2 Å². The van der Waals surface area contributed by atoms with E-state index >= 15 is 0 Å². The minimum Gasteiger partial charge on any atom is -0.379 e. The molecule has 2 heterocycles. The van der Waals surface area contributed by atoms with Crippen molar-refractivity contribution in [3.8, 4) is 11.8 Å². The third-order valence-electron chi connectivity index (χ3n) is 6.63. The number of hydrogen-bond acceptors (Lipinski definition) is 6. The molecule has 0 spiro atoms. The summed E-state index contributed by atoms with van der Waals surface area (Å²) in [5.74, 6) is 5.43. The summed E-state index contributed by atoms with van der Waals surface area (Å²) in [6.45, 7) is 2.37. The van der Waals surface area contributed by atoms with Crippen LogP contribution in [0, 0.1) is 11.8 Å². The van der Waals surface area contributed by atoms with Crippen LogP contribution in [0.15, 0.2) is 18.2 Å². The molecule has 0 bridgehead atoms. The van der Waals surface area contributed by atoms with Gasteiger partial charge in [-0.15, -0.1) is 0 Å². The highest BCUT2D eigenvalue weighted by molar-refractivity contribution is 6.05. The number of imide groups is 1. The molecule has 1 aromatic carbocycles. The van der Waals surface area contributed by atoms with E-state index in [-0.39, 0.29) is 18.2 Å². The van der Waals surface area contributed by atoms with Crippen LogP contribution in [0.4, 0.5) is 0 Å². The first-order valence-electron chi connectivity index (χ1n) is 11.8. The monoisotopic (exact) mass is 452 g/mol. The van der Waals surface area contributed by atoms with E-state index in [1.165, 1.54) is 0 Å². The average Bonchev–Trinajstić information content (AvgIpc) is 3.14. The Labute approximate surface area is 194 Å². The van der Waals surface area contributed by atoms with Gasteiger partial charge in [0.1, 0.15) is 6.04 Å². The van der Waals surface area contributed by atoms with Crippen LogP contribution in [-0.4, -0.2) is 60.5 Å². The van der Waals surface area contributed by atoms with Gasteiger partial charge in [-0.1, -0.05) is 17.9 Å². The molecule has 1 atom stereocenters. The Morgan fingerprint density at radius 2 is 1.94 bits per heavy atom. The number of benzene rings is 1. The van der Waals surface area contributed by atoms with Crippen LogP contribution in [0.25, 0.3) is 0 Å². The second-order valence-electron chi connectivity index (χ2n) is 8.96. The number of nitrogens with zero attached hydrogens (tertiary/aromatic N) is 1. The van der Waals surface area contributed by atoms with Gasteiger partial charge in [0.2, 0.25) is 11.8 Å². The van der Waals surface area contributed by atoms with E-state index in [1.54, 1.807) is 11.0 Å². The number of amides is 3. The number of nitrogens with one attached hydrogen (secondary N) is 2. The minimum absolute atomic E-state index is 0.182. The fourth-order valence-electron chi connectivity index (χ4n) is 4.74. The number of ether oxygens (including phenoxy) is 1. The Morgan fingerprint density at radius 1 is 1.12 bits per heavy atom. The summed E-state index contributed by atoms with van der Waals surface area (Å²) in [4.78, 5) is 38.1. The summed E-state index contributed by atoms with van der Waals surface area (Å²) < 4.78 is 5.69. The van der Waals surface area contributed by atoms with Gasteiger partial charge in [0.25, 0.3) is 5.91 Å². The number of carbonyl (C=O) groups excluding carboxylic acids is 3. The molecule has 1 unspecified atom stereocenters. The topological polar surface area (TPSA) is 114 Å². The molecule has 4 N–H and O–H groups in total. The molecule has 33 heavy (non-hydrogen) atoms. The summed E-state index contributed by atoms with van der Waals surface area (Å²) in [5, 5.41) is 5.86. The van der Waals surface area contributed by atoms with Crippen LogP contribution in [0.5, 0.6) is 0 Å². The molecule has 1 saturated carbocycles. The zero-order valence-corrected chi connectivity index (χ0v) is 18.9. The molecule has 2 fully saturated rings. The van der Waals surface area contributed by atoms with Crippen LogP contribution < -0.4 is 16.4 Å². The molecule has 8 nitrogen and oxygen atoms in total. The highest BCUT2D eigenvalue weighted by Gasteiger charge is 2.39. The van der Waals surface area contributed by atoms with Gasteiger partial charge >= 0.3 is 0 Å². The maximum Gasteiger partial charge on any atom is 0.255 e. The predicted molar refractivity (Wildman–Crippen MR) is 123 cm³/mol. The second kappa shape index (κ2) is 10.9. The summed E-state index contributed by atoms with van der Waals surface area (Å²) in [7, 11) is 0. The number of rotatable bonds is 7. The van der Waals surface area contributed by atoms with Crippen molar-refractivity contribution >= 4 is 17.7 Å². The lowest BCUT2D eigenvalue weighted by atomic mass is 9.92. The van der Waals surface area contributed by atoms with Crippen LogP contribution in [0.3, 0.4) is 0 Å². The molecule has 1 saturated heterocycles. The van der Waals surface area contributed by atoms with Gasteiger partial charge in [0, 0.05) is 49.1 Å². The summed E-state index contributed by atoms with van der Waals surface area (Å²) in [5.41, 5.74) is 8.16. The average molecular weight is 453 g/mol. The quantitative estimate of drug-likeness (QED) is 0.324. The lowest BCUT2D eigenvalue weighted by Crippen LogP contribution is -2.52. The van der Waals surface area contributed by atoms with Gasteiger partial charge in [-0.2, -0.15) is 0 Å². The smallest absolute Gasteiger partial charge is 0.255 e. The van der Waals surface area contributed by atoms with E-state index < -0.39 is 11.9 Å². The van der Waals surface area contributed by atoms with Crippen molar-refractivity contribution in [1.82, 2.24) is 15.5 Å². The fraction of sp³-hybridized carbons (Fsp3) is 0.560. The number of carbonyl (C=O) groups is 3. The van der Waals surface area contributed by atoms with Crippen LogP contribution in [0.2, 0.25) is 0 Å². The third kappa shape index (κ3) is 5.80. The lowest BCUT2D eigenvalue weighted by Gasteiger charge is -2.29. The van der Waals surface area contributed by atoms with E-state index in [2.05, 4.69) is 22.5 Å². The Balaban J connectivity index is 1.23. The fourth-order valence-corrected chi connectivity index (χ4v) is 4.74. The van der Waals surface area contributed by atoms with Gasteiger partial charge in [-0.3, -0.25) is 19.7 Å². The van der Waals surface area contributed by atoms with Crippen molar-refractivity contribution in [2.24, 2.45) is 5.73 Å². The predicted octanol–water partition coefficient (Wildman–Crippen LogP) is 1.07. The van der Waals surface area contributed by atoms with Gasteiger partial charge in [0.15, 0.2) is 0 Å². The highest BCUT2D eigenvalue weighted by atomic mass is 16.5. The zero-order chi connectivity index (χ0) is 23.2. The number of piperidine rings is 1. The Morgan fingerprint density at radius 3 is 2.73 bits per heavy atom. The number of nitrogens with two attached hydrogens (primary N) is 1. The van der Waals surface area contributed by atoms with E-state index in [4.69, 9.17) is 10.5 Å². The van der Waals surface area contributed by atoms with Crippen LogP contribution in [0.1, 0.15) is 66.4 Å². The van der Waals surface area contributed by atoms with Crippen molar-refractivity contribution < 1.29 is 19.1 Å². The molecular weight excluding hydrogens is 420 g/mol. The molecule has 8 heteroatoms. The molecule has 1 aliphatic carbocycles. The van der Waals surface area contributed by atoms with Crippen LogP contribution in [-0.2, 0) is 20.9 Å². The normalized spacial score (nSPS) is 24.8. The highest BCUT2D eigenvalue weighted by Crippen LogP contribution is 2.29. The van der Waals surface area contributed by atoms with Crippen molar-refractivity contribution in [3.63, 3.8) is 0 Å². The Bertz CT molecular complexity index is 959. The van der Waals surface area contributed by atoms with Crippen molar-refractivity contribution in [2.45, 2.75) is 69.6 Å². The molecule has 0 radical (unpaired) electrons. The van der Waals surface area contributed by atoms with Gasteiger partial charge < -0.3 is 20.7 Å². The third-order valence-corrected chi connectivity index (χ3v) is 6.63. The van der Waals surface area contributed by atoms with Gasteiger partial charge in [-0.25, -0.2) is 0 Å². The Kier molecular flexibility index (Phi) is 7.76. The molecule has 0 aromatic heterocycles.